The largest absolute Gasteiger partial charge is 0.392 e. The first kappa shape index (κ1) is 27.4. The van der Waals surface area contributed by atoms with Gasteiger partial charge >= 0.3 is 6.18 Å². The molecule has 14 heteroatoms. The van der Waals surface area contributed by atoms with Gasteiger partial charge < -0.3 is 14.8 Å². The van der Waals surface area contributed by atoms with Crippen LogP contribution in [0.25, 0.3) is 0 Å². The molecule has 2 fully saturated rings. The van der Waals surface area contributed by atoms with E-state index < -0.39 is 52.9 Å². The standard InChI is InChI=1S/C27H24ClF5N6O2/c1-26(16-4-3-5-18(28)21(16)29)11-39(19-10-37(2)12-35-19)25(41)15-7-34-23(22(30)20(15)26)36-13-8-38(9-13)24(40)14-6-17(14)27(31,32)33/h3-5,7,10,12-14,17H,6,8-9,11H2,1-2H3,(H,34,36)/t14-,17+,26+/m0/s1. The van der Waals surface area contributed by atoms with Gasteiger partial charge in [0.1, 0.15) is 5.82 Å². The topological polar surface area (TPSA) is 83.4 Å². The van der Waals surface area contributed by atoms with Crippen LogP contribution in [0.5, 0.6) is 0 Å². The molecule has 0 radical (unpaired) electrons. The van der Waals surface area contributed by atoms with E-state index in [2.05, 4.69) is 15.3 Å². The zero-order valence-corrected chi connectivity index (χ0v) is 22.6. The SMILES string of the molecule is Cn1cnc(N2C[C@](C)(c3cccc(Cl)c3F)c3c(cnc(NC4CN(C(=O)[C@H]5C[C@H]5C(F)(F)F)C4)c3F)C2=O)c1. The molecule has 3 aliphatic rings. The number of anilines is 2. The third kappa shape index (κ3) is 4.50. The van der Waals surface area contributed by atoms with Crippen LogP contribution in [0.4, 0.5) is 33.6 Å². The van der Waals surface area contributed by atoms with E-state index in [1.807, 2.05) is 0 Å². The van der Waals surface area contributed by atoms with Crippen LogP contribution >= 0.6 is 11.6 Å². The molecular weight excluding hydrogens is 571 g/mol. The maximum Gasteiger partial charge on any atom is 0.392 e. The Bertz CT molecular complexity index is 1570. The van der Waals surface area contributed by atoms with Gasteiger partial charge in [0, 0.05) is 55.6 Å². The van der Waals surface area contributed by atoms with Crippen molar-refractivity contribution in [2.75, 3.05) is 29.9 Å². The molecule has 1 N–H and O–H groups in total. The smallest absolute Gasteiger partial charge is 0.361 e. The molecule has 0 bridgehead atoms. The van der Waals surface area contributed by atoms with Crippen molar-refractivity contribution in [1.82, 2.24) is 19.4 Å². The van der Waals surface area contributed by atoms with E-state index in [0.717, 1.165) is 0 Å². The predicted molar refractivity (Wildman–Crippen MR) is 139 cm³/mol. The van der Waals surface area contributed by atoms with Crippen molar-refractivity contribution in [3.8, 4) is 0 Å². The summed E-state index contributed by atoms with van der Waals surface area (Å²) in [7, 11) is 1.72. The van der Waals surface area contributed by atoms with Gasteiger partial charge in [0.15, 0.2) is 17.5 Å². The third-order valence-corrected chi connectivity index (χ3v) is 8.39. The molecule has 2 aliphatic heterocycles. The fraction of sp³-hybridized carbons (Fsp3) is 0.407. The van der Waals surface area contributed by atoms with E-state index in [4.69, 9.17) is 11.6 Å². The average molecular weight is 595 g/mol. The number of aryl methyl sites for hydroxylation is 1. The number of nitrogens with zero attached hydrogens (tertiary/aromatic N) is 5. The van der Waals surface area contributed by atoms with Crippen molar-refractivity contribution in [2.24, 2.45) is 18.9 Å². The minimum absolute atomic E-state index is 0.0693. The predicted octanol–water partition coefficient (Wildman–Crippen LogP) is 4.53. The van der Waals surface area contributed by atoms with Gasteiger partial charge in [-0.05, 0) is 19.4 Å². The minimum atomic E-state index is -4.41. The van der Waals surface area contributed by atoms with Crippen molar-refractivity contribution >= 4 is 35.1 Å². The highest BCUT2D eigenvalue weighted by molar-refractivity contribution is 6.30. The van der Waals surface area contributed by atoms with E-state index in [1.54, 1.807) is 24.7 Å². The zero-order chi connectivity index (χ0) is 29.4. The van der Waals surface area contributed by atoms with Gasteiger partial charge in [-0.2, -0.15) is 13.2 Å². The Kier molecular flexibility index (Phi) is 6.29. The number of hydrogen-bond donors (Lipinski definition) is 1. The lowest BCUT2D eigenvalue weighted by Gasteiger charge is -2.42. The van der Waals surface area contributed by atoms with Gasteiger partial charge in [-0.15, -0.1) is 0 Å². The summed E-state index contributed by atoms with van der Waals surface area (Å²) in [6, 6.07) is 3.91. The van der Waals surface area contributed by atoms with Gasteiger partial charge in [-0.3, -0.25) is 14.5 Å². The molecule has 0 spiro atoms. The number of halogens is 6. The summed E-state index contributed by atoms with van der Waals surface area (Å²) < 4.78 is 72.0. The quantitative estimate of drug-likeness (QED) is 0.439. The molecule has 8 nitrogen and oxygen atoms in total. The summed E-state index contributed by atoms with van der Waals surface area (Å²) in [5, 5.41) is 2.73. The summed E-state index contributed by atoms with van der Waals surface area (Å²) in [4.78, 5) is 36.9. The Morgan fingerprint density at radius 2 is 1.90 bits per heavy atom. The Balaban J connectivity index is 1.31. The first-order valence-electron chi connectivity index (χ1n) is 12.8. The molecule has 4 heterocycles. The number of fused-ring (bicyclic) bond motifs is 1. The molecule has 1 aliphatic carbocycles. The molecule has 41 heavy (non-hydrogen) atoms. The van der Waals surface area contributed by atoms with Crippen molar-refractivity contribution < 1.29 is 31.5 Å². The van der Waals surface area contributed by atoms with Crippen molar-refractivity contribution in [2.45, 2.75) is 31.0 Å². The average Bonchev–Trinajstić information content (AvgIpc) is 3.60. The fourth-order valence-electron chi connectivity index (χ4n) is 5.78. The molecule has 1 saturated carbocycles. The molecule has 3 aromatic rings. The van der Waals surface area contributed by atoms with E-state index >= 15 is 8.78 Å². The second-order valence-corrected chi connectivity index (χ2v) is 11.4. The fourth-order valence-corrected chi connectivity index (χ4v) is 5.96. The van der Waals surface area contributed by atoms with Crippen LogP contribution in [0.2, 0.25) is 5.02 Å². The van der Waals surface area contributed by atoms with Crippen LogP contribution in [0, 0.1) is 23.5 Å². The Morgan fingerprint density at radius 3 is 2.54 bits per heavy atom. The lowest BCUT2D eigenvalue weighted by Crippen LogP contribution is -2.58. The van der Waals surface area contributed by atoms with Crippen LogP contribution in [0.15, 0.2) is 36.9 Å². The number of amides is 2. The van der Waals surface area contributed by atoms with E-state index in [0.29, 0.717) is 5.82 Å². The number of imidazole rings is 1. The Morgan fingerprint density at radius 1 is 1.17 bits per heavy atom. The first-order valence-corrected chi connectivity index (χ1v) is 13.2. The maximum absolute atomic E-state index is 16.3. The van der Waals surface area contributed by atoms with E-state index in [1.165, 1.54) is 40.5 Å². The van der Waals surface area contributed by atoms with Gasteiger partial charge in [0.2, 0.25) is 5.91 Å². The summed E-state index contributed by atoms with van der Waals surface area (Å²) >= 11 is 6.09. The molecule has 0 unspecified atom stereocenters. The van der Waals surface area contributed by atoms with Gasteiger partial charge in [-0.25, -0.2) is 18.7 Å². The molecule has 1 aromatic carbocycles. The summed E-state index contributed by atoms with van der Waals surface area (Å²) in [5.41, 5.74) is -1.50. The number of benzene rings is 1. The van der Waals surface area contributed by atoms with Crippen molar-refractivity contribution in [3.05, 3.63) is 70.3 Å². The molecule has 2 amide bonds. The highest BCUT2D eigenvalue weighted by atomic mass is 35.5. The number of carbonyl (C=O) groups is 2. The van der Waals surface area contributed by atoms with E-state index in [-0.39, 0.29) is 53.6 Å². The molecule has 6 rings (SSSR count). The number of likely N-dealkylation sites (tertiary alicyclic amines) is 1. The molecule has 1 saturated heterocycles. The van der Waals surface area contributed by atoms with Crippen LogP contribution in [-0.2, 0) is 17.3 Å². The lowest BCUT2D eigenvalue weighted by atomic mass is 9.71. The Labute approximate surface area is 236 Å². The van der Waals surface area contributed by atoms with Gasteiger partial charge in [0.25, 0.3) is 5.91 Å². The number of carbonyl (C=O) groups excluding carboxylic acids is 2. The van der Waals surface area contributed by atoms with Crippen LogP contribution in [0.3, 0.4) is 0 Å². The van der Waals surface area contributed by atoms with E-state index in [9.17, 15) is 22.8 Å². The monoisotopic (exact) mass is 594 g/mol. The zero-order valence-electron chi connectivity index (χ0n) is 21.8. The maximum atomic E-state index is 16.3. The second kappa shape index (κ2) is 9.40. The number of aromatic nitrogens is 3. The lowest BCUT2D eigenvalue weighted by molar-refractivity contribution is -0.158. The van der Waals surface area contributed by atoms with Crippen LogP contribution in [-0.4, -0.2) is 63.1 Å². The van der Waals surface area contributed by atoms with Crippen LogP contribution in [0.1, 0.15) is 34.8 Å². The molecule has 216 valence electrons. The van der Waals surface area contributed by atoms with Crippen molar-refractivity contribution in [3.63, 3.8) is 0 Å². The van der Waals surface area contributed by atoms with Gasteiger partial charge in [0.05, 0.1) is 34.8 Å². The summed E-state index contributed by atoms with van der Waals surface area (Å²) in [6.45, 7) is 1.60. The Hall–Kier alpha value is -3.74. The van der Waals surface area contributed by atoms with Gasteiger partial charge in [-0.1, -0.05) is 23.7 Å². The highest BCUT2D eigenvalue weighted by Gasteiger charge is 2.60. The number of pyridine rings is 1. The third-order valence-electron chi connectivity index (χ3n) is 8.10. The normalized spacial score (nSPS) is 24.2. The first-order chi connectivity index (χ1) is 19.3. The minimum Gasteiger partial charge on any atom is -0.361 e. The molecule has 3 atom stereocenters. The number of hydrogen-bond acceptors (Lipinski definition) is 5. The van der Waals surface area contributed by atoms with Crippen LogP contribution < -0.4 is 10.2 Å². The number of nitrogens with one attached hydrogen (secondary N) is 1. The highest BCUT2D eigenvalue weighted by Crippen LogP contribution is 2.51. The second-order valence-electron chi connectivity index (χ2n) is 11.0. The number of rotatable bonds is 5. The summed E-state index contributed by atoms with van der Waals surface area (Å²) in [5.74, 6) is -5.38. The number of alkyl halides is 3. The molecule has 2 aromatic heterocycles. The molecular formula is C27H24ClF5N6O2. The van der Waals surface area contributed by atoms with Crippen molar-refractivity contribution in [1.29, 1.82) is 0 Å². The summed E-state index contributed by atoms with van der Waals surface area (Å²) in [6.07, 6.45) is -0.309.